The number of aromatic nitrogens is 2. The lowest BCUT2D eigenvalue weighted by Gasteiger charge is -2.04. The number of amides is 1. The van der Waals surface area contributed by atoms with Gasteiger partial charge in [0.25, 0.3) is 0 Å². The summed E-state index contributed by atoms with van der Waals surface area (Å²) in [4.78, 5) is 15.9. The predicted octanol–water partition coefficient (Wildman–Crippen LogP) is 1.75. The van der Waals surface area contributed by atoms with E-state index in [9.17, 15) is 4.79 Å². The Morgan fingerprint density at radius 2 is 2.30 bits per heavy atom. The first-order chi connectivity index (χ1) is 9.76. The van der Waals surface area contributed by atoms with E-state index in [1.54, 1.807) is 0 Å². The van der Waals surface area contributed by atoms with Crippen molar-refractivity contribution in [2.45, 2.75) is 26.8 Å². The molecule has 0 radical (unpaired) electrons. The number of carbonyl (C=O) groups is 1. The number of pyridine rings is 1. The van der Waals surface area contributed by atoms with Crippen molar-refractivity contribution in [1.82, 2.24) is 14.9 Å². The summed E-state index contributed by atoms with van der Waals surface area (Å²) in [6, 6.07) is 4.02. The molecule has 2 aromatic rings. The maximum Gasteiger partial charge on any atom is 0.246 e. The minimum absolute atomic E-state index is 0.0656. The number of aryl methyl sites for hydroxylation is 1. The molecule has 0 saturated heterocycles. The van der Waals surface area contributed by atoms with Crippen LogP contribution in [0, 0.1) is 0 Å². The van der Waals surface area contributed by atoms with Crippen LogP contribution in [0.1, 0.15) is 19.4 Å². The minimum Gasteiger partial charge on any atom is -0.372 e. The quantitative estimate of drug-likeness (QED) is 0.837. The number of fused-ring (bicyclic) bond motifs is 1. The van der Waals surface area contributed by atoms with Crippen LogP contribution in [0.15, 0.2) is 24.5 Å². The Kier molecular flexibility index (Phi) is 5.12. The molecule has 5 heteroatoms. The second-order valence-corrected chi connectivity index (χ2v) is 4.55. The van der Waals surface area contributed by atoms with Crippen LogP contribution in [0.4, 0.5) is 0 Å². The SMILES string of the molecule is CCOCC(=O)NCCc1cn(CC)c2ncccc12. The van der Waals surface area contributed by atoms with Gasteiger partial charge in [-0.2, -0.15) is 0 Å². The Labute approximate surface area is 118 Å². The van der Waals surface area contributed by atoms with Crippen LogP contribution >= 0.6 is 0 Å². The van der Waals surface area contributed by atoms with Gasteiger partial charge in [-0.3, -0.25) is 4.79 Å². The monoisotopic (exact) mass is 275 g/mol. The highest BCUT2D eigenvalue weighted by molar-refractivity contribution is 5.80. The number of hydrogen-bond acceptors (Lipinski definition) is 3. The maximum absolute atomic E-state index is 11.5. The summed E-state index contributed by atoms with van der Waals surface area (Å²) in [5.74, 6) is -0.0656. The Morgan fingerprint density at radius 3 is 3.05 bits per heavy atom. The van der Waals surface area contributed by atoms with Crippen molar-refractivity contribution in [1.29, 1.82) is 0 Å². The molecule has 0 bridgehead atoms. The zero-order valence-corrected chi connectivity index (χ0v) is 12.1. The van der Waals surface area contributed by atoms with Crippen molar-refractivity contribution in [3.8, 4) is 0 Å². The Morgan fingerprint density at radius 1 is 1.45 bits per heavy atom. The molecule has 5 nitrogen and oxygen atoms in total. The molecular weight excluding hydrogens is 254 g/mol. The van der Waals surface area contributed by atoms with E-state index in [0.717, 1.165) is 24.0 Å². The summed E-state index contributed by atoms with van der Waals surface area (Å²) in [5, 5.41) is 4.02. The average Bonchev–Trinajstić information content (AvgIpc) is 2.83. The second-order valence-electron chi connectivity index (χ2n) is 4.55. The molecule has 0 spiro atoms. The Balaban J connectivity index is 1.98. The first-order valence-corrected chi connectivity index (χ1v) is 7.03. The molecule has 1 amide bonds. The van der Waals surface area contributed by atoms with E-state index in [1.165, 1.54) is 5.56 Å². The molecule has 0 unspecified atom stereocenters. The minimum atomic E-state index is -0.0656. The van der Waals surface area contributed by atoms with Crippen molar-refractivity contribution < 1.29 is 9.53 Å². The third kappa shape index (κ3) is 3.36. The van der Waals surface area contributed by atoms with Gasteiger partial charge in [0.1, 0.15) is 12.3 Å². The summed E-state index contributed by atoms with van der Waals surface area (Å²) < 4.78 is 7.20. The topological polar surface area (TPSA) is 56.1 Å². The van der Waals surface area contributed by atoms with Crippen LogP contribution in [-0.4, -0.2) is 35.2 Å². The molecule has 0 aliphatic rings. The fraction of sp³-hybridized carbons (Fsp3) is 0.467. The third-order valence-corrected chi connectivity index (χ3v) is 3.21. The number of nitrogens with zero attached hydrogens (tertiary/aromatic N) is 2. The van der Waals surface area contributed by atoms with Gasteiger partial charge in [-0.15, -0.1) is 0 Å². The first kappa shape index (κ1) is 14.5. The summed E-state index contributed by atoms with van der Waals surface area (Å²) in [7, 11) is 0. The Hall–Kier alpha value is -1.88. The molecule has 0 aliphatic heterocycles. The van der Waals surface area contributed by atoms with Crippen LogP contribution < -0.4 is 5.32 Å². The molecule has 0 saturated carbocycles. The standard InChI is InChI=1S/C15H21N3O2/c1-3-18-10-12(13-6-5-8-17-15(13)18)7-9-16-14(19)11-20-4-2/h5-6,8,10H,3-4,7,9,11H2,1-2H3,(H,16,19). The summed E-state index contributed by atoms with van der Waals surface area (Å²) >= 11 is 0. The highest BCUT2D eigenvalue weighted by atomic mass is 16.5. The van der Waals surface area contributed by atoms with Crippen LogP contribution in [0.25, 0.3) is 11.0 Å². The maximum atomic E-state index is 11.5. The molecule has 0 atom stereocenters. The predicted molar refractivity (Wildman–Crippen MR) is 78.6 cm³/mol. The zero-order valence-electron chi connectivity index (χ0n) is 12.1. The van der Waals surface area contributed by atoms with Gasteiger partial charge in [0, 0.05) is 37.5 Å². The normalized spacial score (nSPS) is 10.9. The average molecular weight is 275 g/mol. The molecule has 20 heavy (non-hydrogen) atoms. The summed E-state index contributed by atoms with van der Waals surface area (Å²) in [5.41, 5.74) is 2.22. The van der Waals surface area contributed by atoms with Crippen molar-refractivity contribution in [2.75, 3.05) is 19.8 Å². The van der Waals surface area contributed by atoms with E-state index in [4.69, 9.17) is 4.74 Å². The summed E-state index contributed by atoms with van der Waals surface area (Å²) in [6.45, 7) is 6.17. The number of carbonyl (C=O) groups excluding carboxylic acids is 1. The molecule has 0 fully saturated rings. The highest BCUT2D eigenvalue weighted by Crippen LogP contribution is 2.19. The molecule has 0 aromatic carbocycles. The van der Waals surface area contributed by atoms with Crippen LogP contribution in [-0.2, 0) is 22.5 Å². The lowest BCUT2D eigenvalue weighted by Crippen LogP contribution is -2.29. The smallest absolute Gasteiger partial charge is 0.246 e. The fourth-order valence-corrected chi connectivity index (χ4v) is 2.22. The van der Waals surface area contributed by atoms with Gasteiger partial charge in [0.2, 0.25) is 5.91 Å². The molecular formula is C15H21N3O2. The molecule has 0 aliphatic carbocycles. The van der Waals surface area contributed by atoms with Crippen LogP contribution in [0.3, 0.4) is 0 Å². The number of nitrogens with one attached hydrogen (secondary N) is 1. The van der Waals surface area contributed by atoms with Gasteiger partial charge in [0.15, 0.2) is 0 Å². The van der Waals surface area contributed by atoms with Gasteiger partial charge in [-0.05, 0) is 38.0 Å². The molecule has 2 heterocycles. The van der Waals surface area contributed by atoms with Gasteiger partial charge in [0.05, 0.1) is 0 Å². The van der Waals surface area contributed by atoms with Crippen molar-refractivity contribution in [3.05, 3.63) is 30.1 Å². The number of hydrogen-bond donors (Lipinski definition) is 1. The molecule has 2 rings (SSSR count). The second kappa shape index (κ2) is 7.05. The third-order valence-electron chi connectivity index (χ3n) is 3.21. The number of rotatable bonds is 7. The van der Waals surface area contributed by atoms with E-state index in [0.29, 0.717) is 13.2 Å². The van der Waals surface area contributed by atoms with E-state index < -0.39 is 0 Å². The van der Waals surface area contributed by atoms with Gasteiger partial charge in [-0.1, -0.05) is 0 Å². The molecule has 2 aromatic heterocycles. The van der Waals surface area contributed by atoms with Crippen LogP contribution in [0.2, 0.25) is 0 Å². The van der Waals surface area contributed by atoms with Gasteiger partial charge >= 0.3 is 0 Å². The van der Waals surface area contributed by atoms with E-state index in [1.807, 2.05) is 19.2 Å². The lowest BCUT2D eigenvalue weighted by atomic mass is 10.1. The van der Waals surface area contributed by atoms with E-state index >= 15 is 0 Å². The van der Waals surface area contributed by atoms with Crippen LogP contribution in [0.5, 0.6) is 0 Å². The lowest BCUT2D eigenvalue weighted by molar-refractivity contribution is -0.125. The number of ether oxygens (including phenoxy) is 1. The first-order valence-electron chi connectivity index (χ1n) is 7.03. The van der Waals surface area contributed by atoms with Gasteiger partial charge in [-0.25, -0.2) is 4.98 Å². The van der Waals surface area contributed by atoms with E-state index in [-0.39, 0.29) is 12.5 Å². The largest absolute Gasteiger partial charge is 0.372 e. The van der Waals surface area contributed by atoms with Crippen molar-refractivity contribution in [3.63, 3.8) is 0 Å². The fourth-order valence-electron chi connectivity index (χ4n) is 2.22. The highest BCUT2D eigenvalue weighted by Gasteiger charge is 2.08. The summed E-state index contributed by atoms with van der Waals surface area (Å²) in [6.07, 6.45) is 4.72. The van der Waals surface area contributed by atoms with Crippen molar-refractivity contribution >= 4 is 16.9 Å². The Bertz CT molecular complexity index is 578. The zero-order chi connectivity index (χ0) is 14.4. The van der Waals surface area contributed by atoms with Gasteiger partial charge < -0.3 is 14.6 Å². The molecule has 108 valence electrons. The van der Waals surface area contributed by atoms with Crippen molar-refractivity contribution in [2.24, 2.45) is 0 Å². The van der Waals surface area contributed by atoms with E-state index in [2.05, 4.69) is 34.1 Å². The molecule has 1 N–H and O–H groups in total.